The van der Waals surface area contributed by atoms with E-state index in [1.807, 2.05) is 25.7 Å². The molecular weight excluding hydrogens is 312 g/mol. The average Bonchev–Trinajstić information content (AvgIpc) is 3.09. The minimum Gasteiger partial charge on any atom is -0.444 e. The summed E-state index contributed by atoms with van der Waals surface area (Å²) in [4.78, 5) is 16.4. The first-order valence-corrected chi connectivity index (χ1v) is 9.43. The number of nitrogens with zero attached hydrogens (tertiary/aromatic N) is 2. The molecule has 2 aliphatic rings. The summed E-state index contributed by atoms with van der Waals surface area (Å²) in [7, 11) is 0. The van der Waals surface area contributed by atoms with E-state index in [4.69, 9.17) is 4.74 Å². The molecule has 2 aliphatic heterocycles. The van der Waals surface area contributed by atoms with Gasteiger partial charge in [-0.2, -0.15) is 0 Å². The van der Waals surface area contributed by atoms with Gasteiger partial charge in [0.15, 0.2) is 0 Å². The third kappa shape index (κ3) is 5.00. The highest BCUT2D eigenvalue weighted by Gasteiger charge is 2.24. The third-order valence-corrected chi connectivity index (χ3v) is 4.77. The van der Waals surface area contributed by atoms with Crippen LogP contribution in [0.5, 0.6) is 0 Å². The van der Waals surface area contributed by atoms with Crippen molar-refractivity contribution in [3.8, 4) is 0 Å². The first-order valence-electron chi connectivity index (χ1n) is 9.43. The molecule has 0 spiro atoms. The van der Waals surface area contributed by atoms with Gasteiger partial charge in [0.25, 0.3) is 0 Å². The molecule has 4 nitrogen and oxygen atoms in total. The van der Waals surface area contributed by atoms with Gasteiger partial charge in [0.2, 0.25) is 0 Å². The van der Waals surface area contributed by atoms with Gasteiger partial charge >= 0.3 is 6.09 Å². The summed E-state index contributed by atoms with van der Waals surface area (Å²) in [5, 5.41) is 0. The summed E-state index contributed by atoms with van der Waals surface area (Å²) in [6, 6.07) is 8.82. The van der Waals surface area contributed by atoms with Gasteiger partial charge in [0.1, 0.15) is 5.60 Å². The molecule has 0 bridgehead atoms. The summed E-state index contributed by atoms with van der Waals surface area (Å²) < 4.78 is 5.47. The van der Waals surface area contributed by atoms with Crippen LogP contribution in [0.15, 0.2) is 29.8 Å². The molecule has 0 unspecified atom stereocenters. The van der Waals surface area contributed by atoms with E-state index in [9.17, 15) is 4.79 Å². The van der Waals surface area contributed by atoms with Crippen LogP contribution >= 0.6 is 0 Å². The molecule has 0 saturated carbocycles. The second-order valence-electron chi connectivity index (χ2n) is 8.06. The lowest BCUT2D eigenvalue weighted by atomic mass is 10.0. The van der Waals surface area contributed by atoms with Crippen molar-refractivity contribution < 1.29 is 9.53 Å². The number of benzene rings is 1. The van der Waals surface area contributed by atoms with Crippen molar-refractivity contribution in [2.24, 2.45) is 0 Å². The van der Waals surface area contributed by atoms with Gasteiger partial charge in [-0.3, -0.25) is 0 Å². The van der Waals surface area contributed by atoms with Crippen LogP contribution in [-0.2, 0) is 4.74 Å². The average molecular weight is 342 g/mol. The van der Waals surface area contributed by atoms with Gasteiger partial charge in [-0.15, -0.1) is 0 Å². The second kappa shape index (κ2) is 7.51. The lowest BCUT2D eigenvalue weighted by Gasteiger charge is -2.31. The van der Waals surface area contributed by atoms with Crippen molar-refractivity contribution in [1.29, 1.82) is 0 Å². The van der Waals surface area contributed by atoms with E-state index in [2.05, 4.69) is 35.2 Å². The zero-order valence-electron chi connectivity index (χ0n) is 15.8. The molecule has 0 aliphatic carbocycles. The molecule has 1 aromatic rings. The molecule has 1 amide bonds. The number of hydrogen-bond donors (Lipinski definition) is 0. The number of hydrogen-bond acceptors (Lipinski definition) is 3. The highest BCUT2D eigenvalue weighted by atomic mass is 16.6. The summed E-state index contributed by atoms with van der Waals surface area (Å²) in [6.07, 6.45) is 6.55. The quantitative estimate of drug-likeness (QED) is 0.781. The Bertz CT molecular complexity index is 630. The Morgan fingerprint density at radius 1 is 1.08 bits per heavy atom. The van der Waals surface area contributed by atoms with Crippen molar-refractivity contribution in [2.75, 3.05) is 31.1 Å². The highest BCUT2D eigenvalue weighted by Crippen LogP contribution is 2.25. The Kier molecular flexibility index (Phi) is 5.36. The van der Waals surface area contributed by atoms with Crippen molar-refractivity contribution in [3.05, 3.63) is 35.4 Å². The maximum absolute atomic E-state index is 12.1. The molecule has 136 valence electrons. The lowest BCUT2D eigenvalue weighted by Crippen LogP contribution is -2.40. The van der Waals surface area contributed by atoms with Crippen LogP contribution in [-0.4, -0.2) is 42.8 Å². The number of carbonyl (C=O) groups is 1. The minimum absolute atomic E-state index is 0.192. The Morgan fingerprint density at radius 3 is 2.40 bits per heavy atom. The Hall–Kier alpha value is -1.97. The highest BCUT2D eigenvalue weighted by molar-refractivity contribution is 5.69. The SMILES string of the molecule is CC(C)(C)OC(=O)N1CCC(=Cc2cccc(N3CCCC3)c2)CC1. The minimum atomic E-state index is -0.427. The number of anilines is 1. The number of likely N-dealkylation sites (tertiary alicyclic amines) is 1. The molecule has 0 N–H and O–H groups in total. The third-order valence-electron chi connectivity index (χ3n) is 4.77. The Balaban J connectivity index is 1.59. The van der Waals surface area contributed by atoms with E-state index >= 15 is 0 Å². The molecule has 2 fully saturated rings. The van der Waals surface area contributed by atoms with E-state index < -0.39 is 5.60 Å². The van der Waals surface area contributed by atoms with Crippen LogP contribution in [0, 0.1) is 0 Å². The summed E-state index contributed by atoms with van der Waals surface area (Å²) in [5.41, 5.74) is 3.59. The molecule has 0 radical (unpaired) electrons. The monoisotopic (exact) mass is 342 g/mol. The van der Waals surface area contributed by atoms with Crippen LogP contribution < -0.4 is 4.90 Å². The van der Waals surface area contributed by atoms with Crippen molar-refractivity contribution in [2.45, 2.75) is 52.1 Å². The predicted molar refractivity (Wildman–Crippen MR) is 103 cm³/mol. The Labute approximate surface area is 151 Å². The normalized spacial score (nSPS) is 18.4. The van der Waals surface area contributed by atoms with Gasteiger partial charge in [-0.1, -0.05) is 23.8 Å². The molecule has 0 atom stereocenters. The summed E-state index contributed by atoms with van der Waals surface area (Å²) >= 11 is 0. The smallest absolute Gasteiger partial charge is 0.410 e. The van der Waals surface area contributed by atoms with Gasteiger partial charge in [-0.05, 0) is 64.2 Å². The number of carbonyl (C=O) groups excluding carboxylic acids is 1. The number of rotatable bonds is 2. The van der Waals surface area contributed by atoms with Gasteiger partial charge < -0.3 is 14.5 Å². The number of amides is 1. The largest absolute Gasteiger partial charge is 0.444 e. The van der Waals surface area contributed by atoms with Crippen LogP contribution in [0.4, 0.5) is 10.5 Å². The van der Waals surface area contributed by atoms with Crippen LogP contribution in [0.2, 0.25) is 0 Å². The predicted octanol–water partition coefficient (Wildman–Crippen LogP) is 4.70. The molecule has 4 heteroatoms. The van der Waals surface area contributed by atoms with E-state index in [1.54, 1.807) is 0 Å². The zero-order chi connectivity index (χ0) is 17.9. The van der Waals surface area contributed by atoms with Gasteiger partial charge in [-0.25, -0.2) is 4.79 Å². The standard InChI is InChI=1S/C21H30N2O2/c1-21(2,3)25-20(24)23-13-9-17(10-14-23)15-18-7-6-8-19(16-18)22-11-4-5-12-22/h6-8,15-16H,4-5,9-14H2,1-3H3. The maximum atomic E-state index is 12.1. The van der Waals surface area contributed by atoms with E-state index in [1.165, 1.54) is 42.8 Å². The van der Waals surface area contributed by atoms with Gasteiger partial charge in [0.05, 0.1) is 0 Å². The van der Waals surface area contributed by atoms with Crippen LogP contribution in [0.3, 0.4) is 0 Å². The van der Waals surface area contributed by atoms with E-state index in [0.717, 1.165) is 25.9 Å². The summed E-state index contributed by atoms with van der Waals surface area (Å²) in [5.74, 6) is 0. The van der Waals surface area contributed by atoms with Crippen molar-refractivity contribution in [3.63, 3.8) is 0 Å². The van der Waals surface area contributed by atoms with Crippen molar-refractivity contribution >= 4 is 17.9 Å². The van der Waals surface area contributed by atoms with Crippen LogP contribution in [0.25, 0.3) is 6.08 Å². The lowest BCUT2D eigenvalue weighted by molar-refractivity contribution is 0.0237. The fourth-order valence-corrected chi connectivity index (χ4v) is 3.47. The fraction of sp³-hybridized carbons (Fsp3) is 0.571. The number of piperidine rings is 1. The Morgan fingerprint density at radius 2 is 1.76 bits per heavy atom. The molecule has 0 aromatic heterocycles. The second-order valence-corrected chi connectivity index (χ2v) is 8.06. The zero-order valence-corrected chi connectivity index (χ0v) is 15.8. The fourth-order valence-electron chi connectivity index (χ4n) is 3.47. The topological polar surface area (TPSA) is 32.8 Å². The van der Waals surface area contributed by atoms with Crippen molar-refractivity contribution in [1.82, 2.24) is 4.90 Å². The molecule has 25 heavy (non-hydrogen) atoms. The first kappa shape index (κ1) is 17.8. The summed E-state index contributed by atoms with van der Waals surface area (Å²) in [6.45, 7) is 9.56. The van der Waals surface area contributed by atoms with Gasteiger partial charge in [0, 0.05) is 31.9 Å². The molecule has 3 rings (SSSR count). The van der Waals surface area contributed by atoms with Crippen LogP contribution in [0.1, 0.15) is 52.0 Å². The first-order chi connectivity index (χ1) is 11.9. The molecule has 2 heterocycles. The molecular formula is C21H30N2O2. The molecule has 1 aromatic carbocycles. The van der Waals surface area contributed by atoms with E-state index in [-0.39, 0.29) is 6.09 Å². The molecule has 2 saturated heterocycles. The number of ether oxygens (including phenoxy) is 1. The van der Waals surface area contributed by atoms with E-state index in [0.29, 0.717) is 0 Å². The maximum Gasteiger partial charge on any atom is 0.410 e.